The van der Waals surface area contributed by atoms with Crippen LogP contribution in [0.4, 0.5) is 5.82 Å². The molecule has 0 radical (unpaired) electrons. The van der Waals surface area contributed by atoms with Crippen LogP contribution in [0.1, 0.15) is 29.6 Å². The van der Waals surface area contributed by atoms with Gasteiger partial charge in [0.05, 0.1) is 0 Å². The summed E-state index contributed by atoms with van der Waals surface area (Å²) in [5.74, 6) is 1.64. The van der Waals surface area contributed by atoms with Crippen molar-refractivity contribution in [2.45, 2.75) is 19.3 Å². The summed E-state index contributed by atoms with van der Waals surface area (Å²) in [5, 5.41) is 6.38. The molecule has 0 atom stereocenters. The lowest BCUT2D eigenvalue weighted by Gasteiger charge is -2.21. The van der Waals surface area contributed by atoms with E-state index in [1.807, 2.05) is 6.07 Å². The van der Waals surface area contributed by atoms with Crippen molar-refractivity contribution >= 4 is 11.7 Å². The fourth-order valence-corrected chi connectivity index (χ4v) is 2.47. The predicted octanol–water partition coefficient (Wildman–Crippen LogP) is 1.02. The first-order chi connectivity index (χ1) is 9.83. The van der Waals surface area contributed by atoms with Gasteiger partial charge in [-0.2, -0.15) is 0 Å². The summed E-state index contributed by atoms with van der Waals surface area (Å²) in [5.41, 5.74) is 0.716. The molecule has 5 nitrogen and oxygen atoms in total. The molecule has 1 aliphatic carbocycles. The van der Waals surface area contributed by atoms with Crippen LogP contribution in [0.2, 0.25) is 0 Å². The van der Waals surface area contributed by atoms with Crippen LogP contribution in [-0.4, -0.2) is 43.6 Å². The smallest absolute Gasteiger partial charge is 0.251 e. The van der Waals surface area contributed by atoms with Crippen LogP contribution >= 0.6 is 0 Å². The SMILES string of the molecule is O=C(NCC1CC1)c1ccnc(N2CCCNCC2)c1. The van der Waals surface area contributed by atoms with Gasteiger partial charge in [0.15, 0.2) is 0 Å². The van der Waals surface area contributed by atoms with Crippen molar-refractivity contribution in [3.05, 3.63) is 23.9 Å². The Morgan fingerprint density at radius 2 is 2.30 bits per heavy atom. The van der Waals surface area contributed by atoms with Gasteiger partial charge >= 0.3 is 0 Å². The monoisotopic (exact) mass is 274 g/mol. The molecule has 1 aliphatic heterocycles. The number of aromatic nitrogens is 1. The minimum absolute atomic E-state index is 0.0218. The number of hydrogen-bond donors (Lipinski definition) is 2. The van der Waals surface area contributed by atoms with Gasteiger partial charge in [0.2, 0.25) is 0 Å². The van der Waals surface area contributed by atoms with Crippen LogP contribution in [0.5, 0.6) is 0 Å². The molecule has 0 spiro atoms. The first-order valence-corrected chi connectivity index (χ1v) is 7.53. The van der Waals surface area contributed by atoms with Crippen molar-refractivity contribution in [3.63, 3.8) is 0 Å². The third kappa shape index (κ3) is 3.48. The minimum atomic E-state index is 0.0218. The van der Waals surface area contributed by atoms with Crippen LogP contribution in [0, 0.1) is 5.92 Å². The first kappa shape index (κ1) is 13.4. The molecule has 5 heteroatoms. The molecule has 1 saturated heterocycles. The Labute approximate surface area is 119 Å². The lowest BCUT2D eigenvalue weighted by atomic mass is 10.2. The number of amides is 1. The number of nitrogens with one attached hydrogen (secondary N) is 2. The summed E-state index contributed by atoms with van der Waals surface area (Å²) in [4.78, 5) is 18.8. The van der Waals surface area contributed by atoms with E-state index in [1.54, 1.807) is 12.3 Å². The second kappa shape index (κ2) is 6.22. The number of hydrogen-bond acceptors (Lipinski definition) is 4. The van der Waals surface area contributed by atoms with Crippen molar-refractivity contribution in [1.82, 2.24) is 15.6 Å². The van der Waals surface area contributed by atoms with Gasteiger partial charge in [-0.05, 0) is 43.9 Å². The Hall–Kier alpha value is -1.62. The van der Waals surface area contributed by atoms with Crippen molar-refractivity contribution in [2.75, 3.05) is 37.6 Å². The lowest BCUT2D eigenvalue weighted by Crippen LogP contribution is -2.29. The van der Waals surface area contributed by atoms with Gasteiger partial charge in [0.1, 0.15) is 5.82 Å². The lowest BCUT2D eigenvalue weighted by molar-refractivity contribution is 0.0951. The Morgan fingerprint density at radius 3 is 3.15 bits per heavy atom. The molecular formula is C15H22N4O. The molecule has 1 aromatic heterocycles. The second-order valence-corrected chi connectivity index (χ2v) is 5.65. The number of rotatable bonds is 4. The van der Waals surface area contributed by atoms with Gasteiger partial charge in [-0.3, -0.25) is 4.79 Å². The van der Waals surface area contributed by atoms with Crippen LogP contribution in [0.15, 0.2) is 18.3 Å². The average Bonchev–Trinajstić information content (AvgIpc) is 3.31. The highest BCUT2D eigenvalue weighted by Gasteiger charge is 2.22. The van der Waals surface area contributed by atoms with E-state index in [9.17, 15) is 4.79 Å². The van der Waals surface area contributed by atoms with Crippen LogP contribution in [0.3, 0.4) is 0 Å². The van der Waals surface area contributed by atoms with E-state index in [0.717, 1.165) is 45.0 Å². The topological polar surface area (TPSA) is 57.3 Å². The number of carbonyl (C=O) groups excluding carboxylic acids is 1. The van der Waals surface area contributed by atoms with Gasteiger partial charge in [-0.25, -0.2) is 4.98 Å². The van der Waals surface area contributed by atoms with Gasteiger partial charge in [0, 0.05) is 37.9 Å². The number of pyridine rings is 1. The zero-order valence-electron chi connectivity index (χ0n) is 11.8. The first-order valence-electron chi connectivity index (χ1n) is 7.53. The molecule has 2 fully saturated rings. The zero-order valence-corrected chi connectivity index (χ0v) is 11.8. The molecule has 1 saturated carbocycles. The maximum Gasteiger partial charge on any atom is 0.251 e. The van der Waals surface area contributed by atoms with E-state index in [2.05, 4.69) is 20.5 Å². The molecule has 2 heterocycles. The Kier molecular flexibility index (Phi) is 4.16. The maximum atomic E-state index is 12.1. The highest BCUT2D eigenvalue weighted by molar-refractivity contribution is 5.94. The number of carbonyl (C=O) groups is 1. The van der Waals surface area contributed by atoms with Gasteiger partial charge in [-0.15, -0.1) is 0 Å². The third-order valence-electron chi connectivity index (χ3n) is 3.92. The molecule has 0 bridgehead atoms. The van der Waals surface area contributed by atoms with Crippen molar-refractivity contribution < 1.29 is 4.79 Å². The molecule has 0 aromatic carbocycles. The van der Waals surface area contributed by atoms with E-state index >= 15 is 0 Å². The van der Waals surface area contributed by atoms with Gasteiger partial charge < -0.3 is 15.5 Å². The molecule has 1 amide bonds. The van der Waals surface area contributed by atoms with Gasteiger partial charge in [0.25, 0.3) is 5.91 Å². The Balaban J connectivity index is 1.65. The highest BCUT2D eigenvalue weighted by atomic mass is 16.1. The summed E-state index contributed by atoms with van der Waals surface area (Å²) in [6, 6.07) is 3.70. The average molecular weight is 274 g/mol. The third-order valence-corrected chi connectivity index (χ3v) is 3.92. The highest BCUT2D eigenvalue weighted by Crippen LogP contribution is 2.27. The van der Waals surface area contributed by atoms with E-state index < -0.39 is 0 Å². The van der Waals surface area contributed by atoms with Crippen molar-refractivity contribution in [3.8, 4) is 0 Å². The van der Waals surface area contributed by atoms with Crippen molar-refractivity contribution in [1.29, 1.82) is 0 Å². The Bertz CT molecular complexity index is 465. The van der Waals surface area contributed by atoms with Gasteiger partial charge in [-0.1, -0.05) is 0 Å². The number of anilines is 1. The summed E-state index contributed by atoms with van der Waals surface area (Å²) in [6.07, 6.45) is 5.35. The second-order valence-electron chi connectivity index (χ2n) is 5.65. The predicted molar refractivity (Wildman–Crippen MR) is 79.0 cm³/mol. The molecule has 2 aliphatic rings. The summed E-state index contributed by atoms with van der Waals surface area (Å²) in [6.45, 7) is 4.77. The fraction of sp³-hybridized carbons (Fsp3) is 0.600. The normalized spacial score (nSPS) is 19.5. The summed E-state index contributed by atoms with van der Waals surface area (Å²) >= 11 is 0. The van der Waals surface area contributed by atoms with E-state index in [1.165, 1.54) is 12.8 Å². The quantitative estimate of drug-likeness (QED) is 0.861. The van der Waals surface area contributed by atoms with Crippen LogP contribution < -0.4 is 15.5 Å². The van der Waals surface area contributed by atoms with E-state index in [-0.39, 0.29) is 5.91 Å². The largest absolute Gasteiger partial charge is 0.355 e. The molecule has 2 N–H and O–H groups in total. The minimum Gasteiger partial charge on any atom is -0.355 e. The Morgan fingerprint density at radius 1 is 1.40 bits per heavy atom. The van der Waals surface area contributed by atoms with Crippen LogP contribution in [0.25, 0.3) is 0 Å². The molecular weight excluding hydrogens is 252 g/mol. The standard InChI is InChI=1S/C15H22N4O/c20-15(18-11-12-2-3-12)13-4-6-17-14(10-13)19-8-1-5-16-7-9-19/h4,6,10,12,16H,1-3,5,7-9,11H2,(H,18,20). The number of nitrogens with zero attached hydrogens (tertiary/aromatic N) is 2. The molecule has 3 rings (SSSR count). The fourth-order valence-electron chi connectivity index (χ4n) is 2.47. The molecule has 108 valence electrons. The molecule has 1 aromatic rings. The molecule has 20 heavy (non-hydrogen) atoms. The van der Waals surface area contributed by atoms with E-state index in [0.29, 0.717) is 11.5 Å². The summed E-state index contributed by atoms with van der Waals surface area (Å²) in [7, 11) is 0. The maximum absolute atomic E-state index is 12.1. The zero-order chi connectivity index (χ0) is 13.8. The molecule has 0 unspecified atom stereocenters. The van der Waals surface area contributed by atoms with E-state index in [4.69, 9.17) is 0 Å². The summed E-state index contributed by atoms with van der Waals surface area (Å²) < 4.78 is 0. The van der Waals surface area contributed by atoms with Crippen molar-refractivity contribution in [2.24, 2.45) is 5.92 Å². The van der Waals surface area contributed by atoms with Crippen LogP contribution in [-0.2, 0) is 0 Å².